The molecule has 0 aliphatic heterocycles. The molecular formula is C16H33NO4. The van der Waals surface area contributed by atoms with Crippen LogP contribution in [0.4, 0.5) is 0 Å². The number of hydrogen-bond acceptors (Lipinski definition) is 5. The summed E-state index contributed by atoms with van der Waals surface area (Å²) in [6.45, 7) is 3.19. The van der Waals surface area contributed by atoms with Gasteiger partial charge in [0.15, 0.2) is 0 Å². The van der Waals surface area contributed by atoms with Crippen LogP contribution in [0, 0.1) is 0 Å². The Morgan fingerprint density at radius 2 is 1.71 bits per heavy atom. The van der Waals surface area contributed by atoms with Crippen LogP contribution in [0.25, 0.3) is 0 Å². The van der Waals surface area contributed by atoms with Crippen molar-refractivity contribution in [1.82, 2.24) is 5.32 Å². The highest BCUT2D eigenvalue weighted by Gasteiger charge is 2.07. The average Bonchev–Trinajstić information content (AvgIpc) is 2.48. The first kappa shape index (κ1) is 22.4. The van der Waals surface area contributed by atoms with Gasteiger partial charge in [0.05, 0.1) is 6.61 Å². The highest BCUT2D eigenvalue weighted by atomic mass is 16.5. The second-order valence-electron chi connectivity index (χ2n) is 4.97. The van der Waals surface area contributed by atoms with Crippen molar-refractivity contribution in [2.45, 2.75) is 57.5 Å². The van der Waals surface area contributed by atoms with E-state index in [4.69, 9.17) is 14.9 Å². The van der Waals surface area contributed by atoms with Crippen molar-refractivity contribution in [2.24, 2.45) is 0 Å². The van der Waals surface area contributed by atoms with Crippen molar-refractivity contribution in [1.29, 1.82) is 0 Å². The molecule has 0 aliphatic rings. The lowest BCUT2D eigenvalue weighted by molar-refractivity contribution is -0.147. The second kappa shape index (κ2) is 19.1. The molecule has 0 saturated heterocycles. The van der Waals surface area contributed by atoms with Gasteiger partial charge in [-0.3, -0.25) is 4.79 Å². The Hall–Kier alpha value is -0.910. The summed E-state index contributed by atoms with van der Waals surface area (Å²) in [5.74, 6) is -0.297. The fourth-order valence-corrected chi connectivity index (χ4v) is 1.58. The van der Waals surface area contributed by atoms with Crippen molar-refractivity contribution >= 4 is 5.97 Å². The molecule has 126 valence electrons. The molecule has 0 saturated carbocycles. The molecule has 1 unspecified atom stereocenters. The van der Waals surface area contributed by atoms with E-state index in [1.807, 2.05) is 20.2 Å². The minimum atomic E-state index is -0.959. The quantitative estimate of drug-likeness (QED) is 0.292. The molecular weight excluding hydrogens is 270 g/mol. The van der Waals surface area contributed by atoms with E-state index in [-0.39, 0.29) is 19.2 Å². The lowest BCUT2D eigenvalue weighted by Crippen LogP contribution is -2.21. The smallest absolute Gasteiger partial charge is 0.305 e. The summed E-state index contributed by atoms with van der Waals surface area (Å²) in [5, 5.41) is 20.3. The van der Waals surface area contributed by atoms with Gasteiger partial charge in [-0.25, -0.2) is 0 Å². The van der Waals surface area contributed by atoms with Gasteiger partial charge in [0.2, 0.25) is 0 Å². The molecule has 0 bridgehead atoms. The topological polar surface area (TPSA) is 78.8 Å². The van der Waals surface area contributed by atoms with Gasteiger partial charge in [-0.2, -0.15) is 0 Å². The van der Waals surface area contributed by atoms with Crippen LogP contribution in [0.2, 0.25) is 0 Å². The molecule has 5 nitrogen and oxygen atoms in total. The predicted molar refractivity (Wildman–Crippen MR) is 86.2 cm³/mol. The largest absolute Gasteiger partial charge is 0.463 e. The molecule has 0 aliphatic carbocycles. The third-order valence-corrected chi connectivity index (χ3v) is 2.69. The van der Waals surface area contributed by atoms with Crippen molar-refractivity contribution in [3.63, 3.8) is 0 Å². The van der Waals surface area contributed by atoms with Crippen LogP contribution in [0.1, 0.15) is 51.4 Å². The van der Waals surface area contributed by atoms with Gasteiger partial charge in [0, 0.05) is 6.42 Å². The molecule has 21 heavy (non-hydrogen) atoms. The first-order valence-corrected chi connectivity index (χ1v) is 7.76. The van der Waals surface area contributed by atoms with E-state index >= 15 is 0 Å². The number of allylic oxidation sites excluding steroid dienone is 1. The zero-order valence-electron chi connectivity index (χ0n) is 13.6. The van der Waals surface area contributed by atoms with Crippen LogP contribution in [0.5, 0.6) is 0 Å². The number of unbranched alkanes of at least 4 members (excludes halogenated alkanes) is 6. The van der Waals surface area contributed by atoms with E-state index in [0.29, 0.717) is 6.42 Å². The van der Waals surface area contributed by atoms with Gasteiger partial charge >= 0.3 is 5.97 Å². The Balaban J connectivity index is 0. The molecule has 1 atom stereocenters. The van der Waals surface area contributed by atoms with E-state index in [2.05, 4.69) is 11.9 Å². The Bertz CT molecular complexity index is 234. The highest BCUT2D eigenvalue weighted by Crippen LogP contribution is 2.09. The van der Waals surface area contributed by atoms with Crippen molar-refractivity contribution in [3.8, 4) is 0 Å². The lowest BCUT2D eigenvalue weighted by Gasteiger charge is -2.08. The van der Waals surface area contributed by atoms with E-state index in [0.717, 1.165) is 25.7 Å². The molecule has 0 fully saturated rings. The molecule has 0 aromatic carbocycles. The van der Waals surface area contributed by atoms with E-state index in [1.165, 1.54) is 19.3 Å². The fraction of sp³-hybridized carbons (Fsp3) is 0.812. The van der Waals surface area contributed by atoms with Crippen molar-refractivity contribution in [3.05, 3.63) is 12.7 Å². The Labute approximate surface area is 129 Å². The number of carbonyl (C=O) groups is 1. The summed E-state index contributed by atoms with van der Waals surface area (Å²) in [6, 6.07) is 0. The third-order valence-electron chi connectivity index (χ3n) is 2.69. The van der Waals surface area contributed by atoms with Crippen LogP contribution in [-0.4, -0.2) is 49.6 Å². The lowest BCUT2D eigenvalue weighted by atomic mass is 10.1. The number of ether oxygens (including phenoxy) is 1. The summed E-state index contributed by atoms with van der Waals surface area (Å²) in [5.41, 5.74) is 0. The summed E-state index contributed by atoms with van der Waals surface area (Å²) in [4.78, 5) is 11.2. The first-order chi connectivity index (χ1) is 10.1. The van der Waals surface area contributed by atoms with Gasteiger partial charge in [-0.15, -0.1) is 6.58 Å². The standard InChI is InChI=1S/C14H26O4.C2H7N/c1-2-3-4-5-6-7-8-9-10-14(17)18-12-13(16)11-15;1-3-2/h2,13,15-16H,1,3-12H2;3H,1-2H3. The van der Waals surface area contributed by atoms with Crippen molar-refractivity contribution in [2.75, 3.05) is 27.3 Å². The van der Waals surface area contributed by atoms with Gasteiger partial charge < -0.3 is 20.3 Å². The average molecular weight is 303 g/mol. The summed E-state index contributed by atoms with van der Waals surface area (Å²) >= 11 is 0. The number of carbonyl (C=O) groups excluding carboxylic acids is 1. The Morgan fingerprint density at radius 1 is 1.19 bits per heavy atom. The number of rotatable bonds is 12. The van der Waals surface area contributed by atoms with Gasteiger partial charge in [-0.1, -0.05) is 31.8 Å². The molecule has 0 spiro atoms. The minimum absolute atomic E-state index is 0.114. The Kier molecular flexibility index (Phi) is 20.3. The van der Waals surface area contributed by atoms with E-state index in [1.54, 1.807) is 0 Å². The molecule has 0 rings (SSSR count). The third kappa shape index (κ3) is 21.5. The summed E-state index contributed by atoms with van der Waals surface area (Å²) in [7, 11) is 3.75. The van der Waals surface area contributed by atoms with Gasteiger partial charge in [0.25, 0.3) is 0 Å². The van der Waals surface area contributed by atoms with Crippen LogP contribution >= 0.6 is 0 Å². The molecule has 5 heteroatoms. The number of nitrogens with one attached hydrogen (secondary N) is 1. The molecule has 3 N–H and O–H groups in total. The second-order valence-corrected chi connectivity index (χ2v) is 4.97. The number of aliphatic hydroxyl groups is 2. The zero-order chi connectivity index (χ0) is 16.3. The zero-order valence-corrected chi connectivity index (χ0v) is 13.6. The molecule has 0 heterocycles. The molecule has 0 aromatic heterocycles. The van der Waals surface area contributed by atoms with Crippen LogP contribution in [-0.2, 0) is 9.53 Å². The van der Waals surface area contributed by atoms with E-state index in [9.17, 15) is 4.79 Å². The molecule has 0 aromatic rings. The first-order valence-electron chi connectivity index (χ1n) is 7.76. The molecule has 0 radical (unpaired) electrons. The predicted octanol–water partition coefficient (Wildman–Crippen LogP) is 2.03. The molecule has 0 amide bonds. The highest BCUT2D eigenvalue weighted by molar-refractivity contribution is 5.69. The monoisotopic (exact) mass is 303 g/mol. The van der Waals surface area contributed by atoms with Gasteiger partial charge in [0.1, 0.15) is 12.7 Å². The number of esters is 1. The normalized spacial score (nSPS) is 11.2. The van der Waals surface area contributed by atoms with E-state index < -0.39 is 6.10 Å². The fourth-order valence-electron chi connectivity index (χ4n) is 1.58. The maximum atomic E-state index is 11.2. The summed E-state index contributed by atoms with van der Waals surface area (Å²) in [6.07, 6.45) is 9.08. The summed E-state index contributed by atoms with van der Waals surface area (Å²) < 4.78 is 4.79. The Morgan fingerprint density at radius 3 is 2.24 bits per heavy atom. The minimum Gasteiger partial charge on any atom is -0.463 e. The van der Waals surface area contributed by atoms with Crippen LogP contribution in [0.3, 0.4) is 0 Å². The maximum Gasteiger partial charge on any atom is 0.305 e. The number of hydrogen-bond donors (Lipinski definition) is 3. The SMILES string of the molecule is C=CCCCCCCCCC(=O)OCC(O)CO.CNC. The van der Waals surface area contributed by atoms with Crippen LogP contribution in [0.15, 0.2) is 12.7 Å². The van der Waals surface area contributed by atoms with Crippen LogP contribution < -0.4 is 5.32 Å². The maximum absolute atomic E-state index is 11.2. The van der Waals surface area contributed by atoms with Gasteiger partial charge in [-0.05, 0) is 33.4 Å². The number of aliphatic hydroxyl groups excluding tert-OH is 2. The van der Waals surface area contributed by atoms with Crippen molar-refractivity contribution < 1.29 is 19.7 Å².